The van der Waals surface area contributed by atoms with Gasteiger partial charge in [-0.3, -0.25) is 4.99 Å². The van der Waals surface area contributed by atoms with E-state index in [9.17, 15) is 4.39 Å². The fourth-order valence-corrected chi connectivity index (χ4v) is 3.68. The fraction of sp³-hybridized carbons (Fsp3) is 0.435. The van der Waals surface area contributed by atoms with Crippen molar-refractivity contribution in [2.75, 3.05) is 40.8 Å². The van der Waals surface area contributed by atoms with Gasteiger partial charge in [-0.25, -0.2) is 4.39 Å². The molecule has 1 N–H and O–H groups in total. The number of hydrogen-bond acceptors (Lipinski definition) is 3. The zero-order valence-electron chi connectivity index (χ0n) is 17.9. The summed E-state index contributed by atoms with van der Waals surface area (Å²) in [5, 5.41) is 3.50. The lowest BCUT2D eigenvalue weighted by atomic mass is 10.1. The first-order chi connectivity index (χ1) is 14.1. The third kappa shape index (κ3) is 6.84. The Balaban J connectivity index is 0.00000320. The molecule has 1 heterocycles. The molecular weight excluding hydrogens is 494 g/mol. The first-order valence-electron chi connectivity index (χ1n) is 10.2. The Labute approximate surface area is 196 Å². The fourth-order valence-electron chi connectivity index (χ4n) is 3.68. The Morgan fingerprint density at radius 1 is 1.13 bits per heavy atom. The number of likely N-dealkylation sites (tertiary alicyclic amines) is 1. The van der Waals surface area contributed by atoms with Crippen LogP contribution < -0.4 is 10.1 Å². The molecule has 1 unspecified atom stereocenters. The van der Waals surface area contributed by atoms with E-state index < -0.39 is 0 Å². The molecule has 164 valence electrons. The number of guanidine groups is 1. The van der Waals surface area contributed by atoms with Gasteiger partial charge in [-0.15, -0.1) is 24.0 Å². The number of likely N-dealkylation sites (N-methyl/N-ethyl adjacent to an activating group) is 1. The second-order valence-electron chi connectivity index (χ2n) is 7.58. The number of benzene rings is 2. The third-order valence-electron chi connectivity index (χ3n) is 5.33. The van der Waals surface area contributed by atoms with Crippen LogP contribution in [0.4, 0.5) is 4.39 Å². The first-order valence-corrected chi connectivity index (χ1v) is 10.2. The first kappa shape index (κ1) is 24.4. The maximum Gasteiger partial charge on any atom is 0.193 e. The Morgan fingerprint density at radius 3 is 2.33 bits per heavy atom. The normalized spacial score (nSPS) is 16.2. The number of hydrogen-bond donors (Lipinski definition) is 1. The molecular formula is C23H32FIN4O. The molecule has 0 aromatic heterocycles. The number of nitrogens with zero attached hydrogens (tertiary/aromatic N) is 3. The van der Waals surface area contributed by atoms with Crippen molar-refractivity contribution in [2.24, 2.45) is 4.99 Å². The Kier molecular flexibility index (Phi) is 9.84. The van der Waals surface area contributed by atoms with E-state index in [1.54, 1.807) is 0 Å². The van der Waals surface area contributed by atoms with E-state index in [2.05, 4.69) is 20.1 Å². The number of nitrogens with one attached hydrogen (secondary N) is 1. The highest BCUT2D eigenvalue weighted by molar-refractivity contribution is 14.0. The molecule has 3 rings (SSSR count). The predicted octanol–water partition coefficient (Wildman–Crippen LogP) is 4.17. The van der Waals surface area contributed by atoms with E-state index in [1.807, 2.05) is 63.6 Å². The molecule has 0 radical (unpaired) electrons. The van der Waals surface area contributed by atoms with Crippen molar-refractivity contribution in [3.05, 3.63) is 66.0 Å². The molecule has 2 aromatic rings. The number of aliphatic imine (C=N–C) groups is 1. The van der Waals surface area contributed by atoms with E-state index in [0.717, 1.165) is 43.2 Å². The van der Waals surface area contributed by atoms with Crippen molar-refractivity contribution >= 4 is 29.9 Å². The summed E-state index contributed by atoms with van der Waals surface area (Å²) in [5.74, 6) is 1.62. The van der Waals surface area contributed by atoms with Gasteiger partial charge in [-0.2, -0.15) is 0 Å². The molecule has 7 heteroatoms. The van der Waals surface area contributed by atoms with E-state index in [1.165, 1.54) is 12.1 Å². The van der Waals surface area contributed by atoms with Crippen LogP contribution in [0.1, 0.15) is 24.4 Å². The van der Waals surface area contributed by atoms with E-state index in [4.69, 9.17) is 4.74 Å². The minimum Gasteiger partial charge on any atom is -0.490 e. The lowest BCUT2D eigenvalue weighted by Gasteiger charge is -2.35. The van der Waals surface area contributed by atoms with Gasteiger partial charge in [0.25, 0.3) is 0 Å². The molecule has 1 saturated heterocycles. The van der Waals surface area contributed by atoms with Gasteiger partial charge in [0.15, 0.2) is 5.96 Å². The monoisotopic (exact) mass is 526 g/mol. The lowest BCUT2D eigenvalue weighted by Crippen LogP contribution is -2.49. The quantitative estimate of drug-likeness (QED) is 0.349. The Hall–Kier alpha value is -1.87. The Bertz CT molecular complexity index is 778. The number of ether oxygens (including phenoxy) is 1. The highest BCUT2D eigenvalue weighted by Gasteiger charge is 2.23. The van der Waals surface area contributed by atoms with E-state index in [-0.39, 0.29) is 41.9 Å². The summed E-state index contributed by atoms with van der Waals surface area (Å²) in [6, 6.07) is 16.8. The minimum absolute atomic E-state index is 0. The molecule has 1 aliphatic heterocycles. The van der Waals surface area contributed by atoms with Crippen LogP contribution in [-0.4, -0.2) is 62.6 Å². The van der Waals surface area contributed by atoms with Crippen LogP contribution in [0.25, 0.3) is 0 Å². The van der Waals surface area contributed by atoms with Gasteiger partial charge < -0.3 is 19.9 Å². The van der Waals surface area contributed by atoms with Crippen LogP contribution in [0.2, 0.25) is 0 Å². The average Bonchev–Trinajstić information content (AvgIpc) is 2.74. The highest BCUT2D eigenvalue weighted by Crippen LogP contribution is 2.20. The standard InChI is InChI=1S/C23H31FN4O.HI/c1-25-23(26-17-22(27(2)3)18-9-11-19(24)12-10-18)28-15-13-21(14-16-28)29-20-7-5-4-6-8-20;/h4-12,21-22H,13-17H2,1-3H3,(H,25,26);1H. The molecule has 1 fully saturated rings. The van der Waals surface area contributed by atoms with Crippen molar-refractivity contribution in [3.8, 4) is 5.75 Å². The van der Waals surface area contributed by atoms with Gasteiger partial charge in [-0.05, 0) is 43.9 Å². The second kappa shape index (κ2) is 12.1. The predicted molar refractivity (Wildman–Crippen MR) is 131 cm³/mol. The lowest BCUT2D eigenvalue weighted by molar-refractivity contribution is 0.129. The van der Waals surface area contributed by atoms with E-state index >= 15 is 0 Å². The molecule has 30 heavy (non-hydrogen) atoms. The van der Waals surface area contributed by atoms with Crippen LogP contribution in [0.15, 0.2) is 59.6 Å². The zero-order valence-corrected chi connectivity index (χ0v) is 20.3. The summed E-state index contributed by atoms with van der Waals surface area (Å²) in [6.45, 7) is 2.51. The molecule has 2 aromatic carbocycles. The second-order valence-corrected chi connectivity index (χ2v) is 7.58. The van der Waals surface area contributed by atoms with Crippen LogP contribution >= 0.6 is 24.0 Å². The highest BCUT2D eigenvalue weighted by atomic mass is 127. The number of para-hydroxylation sites is 1. The molecule has 1 aliphatic rings. The Morgan fingerprint density at radius 2 is 1.77 bits per heavy atom. The van der Waals surface area contributed by atoms with Crippen molar-refractivity contribution in [1.29, 1.82) is 0 Å². The van der Waals surface area contributed by atoms with Crippen molar-refractivity contribution < 1.29 is 9.13 Å². The van der Waals surface area contributed by atoms with Gasteiger partial charge in [0.1, 0.15) is 17.7 Å². The van der Waals surface area contributed by atoms with Gasteiger partial charge in [0.2, 0.25) is 0 Å². The summed E-state index contributed by atoms with van der Waals surface area (Å²) in [7, 11) is 5.88. The van der Waals surface area contributed by atoms with E-state index in [0.29, 0.717) is 6.54 Å². The number of halogens is 2. The van der Waals surface area contributed by atoms with Crippen LogP contribution in [0.5, 0.6) is 5.75 Å². The number of piperidine rings is 1. The third-order valence-corrected chi connectivity index (χ3v) is 5.33. The van der Waals surface area contributed by atoms with Crippen LogP contribution in [0, 0.1) is 5.82 Å². The summed E-state index contributed by atoms with van der Waals surface area (Å²) in [6.07, 6.45) is 2.16. The molecule has 0 bridgehead atoms. The molecule has 0 aliphatic carbocycles. The maximum atomic E-state index is 13.3. The SMILES string of the molecule is CN=C(NCC(c1ccc(F)cc1)N(C)C)N1CCC(Oc2ccccc2)CC1.I. The molecule has 5 nitrogen and oxygen atoms in total. The van der Waals surface area contributed by atoms with Gasteiger partial charge in [0.05, 0.1) is 6.04 Å². The molecule has 0 saturated carbocycles. The molecule has 0 spiro atoms. The topological polar surface area (TPSA) is 40.1 Å². The summed E-state index contributed by atoms with van der Waals surface area (Å²) < 4.78 is 19.4. The van der Waals surface area contributed by atoms with Crippen molar-refractivity contribution in [1.82, 2.24) is 15.1 Å². The van der Waals surface area contributed by atoms with Crippen LogP contribution in [0.3, 0.4) is 0 Å². The summed E-state index contributed by atoms with van der Waals surface area (Å²) in [4.78, 5) is 8.88. The largest absolute Gasteiger partial charge is 0.490 e. The summed E-state index contributed by atoms with van der Waals surface area (Å²) >= 11 is 0. The van der Waals surface area contributed by atoms with Crippen molar-refractivity contribution in [3.63, 3.8) is 0 Å². The molecule has 1 atom stereocenters. The average molecular weight is 526 g/mol. The van der Waals surface area contributed by atoms with Gasteiger partial charge >= 0.3 is 0 Å². The van der Waals surface area contributed by atoms with Crippen LogP contribution in [-0.2, 0) is 0 Å². The maximum absolute atomic E-state index is 13.3. The zero-order chi connectivity index (χ0) is 20.6. The van der Waals surface area contributed by atoms with Crippen molar-refractivity contribution in [2.45, 2.75) is 25.0 Å². The number of rotatable bonds is 6. The smallest absolute Gasteiger partial charge is 0.193 e. The minimum atomic E-state index is -0.212. The van der Waals surface area contributed by atoms with Gasteiger partial charge in [0, 0.05) is 39.5 Å². The molecule has 0 amide bonds. The van der Waals surface area contributed by atoms with Gasteiger partial charge in [-0.1, -0.05) is 30.3 Å². The summed E-state index contributed by atoms with van der Waals surface area (Å²) in [5.41, 5.74) is 1.08.